The summed E-state index contributed by atoms with van der Waals surface area (Å²) in [5.74, 6) is 0.0127. The van der Waals surface area contributed by atoms with E-state index in [4.69, 9.17) is 4.11 Å². The molecule has 0 amide bonds. The third-order valence-corrected chi connectivity index (χ3v) is 2.87. The zero-order chi connectivity index (χ0) is 14.9. The van der Waals surface area contributed by atoms with Crippen LogP contribution in [0.3, 0.4) is 0 Å². The summed E-state index contributed by atoms with van der Waals surface area (Å²) in [6, 6.07) is 5.74. The summed E-state index contributed by atoms with van der Waals surface area (Å²) in [5.41, 5.74) is 0.971. The van der Waals surface area contributed by atoms with Crippen molar-refractivity contribution < 1.29 is 17.6 Å². The zero-order valence-corrected chi connectivity index (χ0v) is 10.6. The van der Waals surface area contributed by atoms with E-state index in [0.717, 1.165) is 4.68 Å². The highest BCUT2D eigenvalue weighted by Gasteiger charge is 2.09. The molecule has 0 bridgehead atoms. The van der Waals surface area contributed by atoms with Crippen molar-refractivity contribution in [3.8, 4) is 17.0 Å². The first-order valence-electron chi connectivity index (χ1n) is 6.08. The lowest BCUT2D eigenvalue weighted by Gasteiger charge is -2.06. The molecule has 0 aliphatic rings. The fourth-order valence-electron chi connectivity index (χ4n) is 1.38. The van der Waals surface area contributed by atoms with E-state index in [1.54, 1.807) is 0 Å². The van der Waals surface area contributed by atoms with Crippen LogP contribution in [-0.4, -0.2) is 16.4 Å². The Morgan fingerprint density at radius 1 is 1.41 bits per heavy atom. The molecule has 0 aliphatic carbocycles. The van der Waals surface area contributed by atoms with Gasteiger partial charge < -0.3 is 4.74 Å². The van der Waals surface area contributed by atoms with Crippen LogP contribution in [0.15, 0.2) is 30.5 Å². The van der Waals surface area contributed by atoms with Crippen LogP contribution >= 0.6 is 22.6 Å². The van der Waals surface area contributed by atoms with E-state index in [9.17, 15) is 8.78 Å². The van der Waals surface area contributed by atoms with E-state index in [2.05, 4.69) is 9.84 Å². The Morgan fingerprint density at radius 2 is 2.12 bits per heavy atom. The monoisotopic (exact) mass is 353 g/mol. The molecule has 0 N–H and O–H groups in total. The molecule has 0 atom stereocenters. The summed E-state index contributed by atoms with van der Waals surface area (Å²) < 4.78 is 52.2. The standard InChI is InChI=1S/C11H9F2IN2O/c1-16-10(9(14)6-15-16)7-2-4-8(5-3-7)17-11(12)13/h2-6,11H,1H3/i1D3. The summed E-state index contributed by atoms with van der Waals surface area (Å²) in [7, 11) is 0. The van der Waals surface area contributed by atoms with Crippen LogP contribution in [0, 0.1) is 3.57 Å². The average molecular weight is 353 g/mol. The Morgan fingerprint density at radius 3 is 2.71 bits per heavy atom. The quantitative estimate of drug-likeness (QED) is 0.792. The van der Waals surface area contributed by atoms with Gasteiger partial charge in [-0.1, -0.05) is 0 Å². The van der Waals surface area contributed by atoms with E-state index < -0.39 is 13.6 Å². The summed E-state index contributed by atoms with van der Waals surface area (Å²) >= 11 is 1.97. The highest BCUT2D eigenvalue weighted by Crippen LogP contribution is 2.26. The number of nitrogens with zero attached hydrogens (tertiary/aromatic N) is 2. The number of hydrogen-bond donors (Lipinski definition) is 0. The second-order valence-electron chi connectivity index (χ2n) is 3.16. The summed E-state index contributed by atoms with van der Waals surface area (Å²) in [6.45, 7) is -5.30. The van der Waals surface area contributed by atoms with Gasteiger partial charge >= 0.3 is 6.61 Å². The Balaban J connectivity index is 2.40. The first-order valence-corrected chi connectivity index (χ1v) is 5.66. The number of aryl methyl sites for hydroxylation is 1. The topological polar surface area (TPSA) is 27.1 Å². The lowest BCUT2D eigenvalue weighted by atomic mass is 10.1. The normalized spacial score (nSPS) is 14.2. The van der Waals surface area contributed by atoms with Crippen molar-refractivity contribution in [2.24, 2.45) is 6.98 Å². The molecule has 1 aromatic heterocycles. The number of benzene rings is 1. The summed E-state index contributed by atoms with van der Waals surface area (Å²) in [6.07, 6.45) is 1.44. The molecular formula is C11H9F2IN2O. The average Bonchev–Trinajstić information content (AvgIpc) is 2.71. The van der Waals surface area contributed by atoms with E-state index >= 15 is 0 Å². The molecule has 0 spiro atoms. The Hall–Kier alpha value is -1.18. The fourth-order valence-corrected chi connectivity index (χ4v) is 2.05. The molecule has 0 unspecified atom stereocenters. The van der Waals surface area contributed by atoms with Gasteiger partial charge in [0.15, 0.2) is 0 Å². The largest absolute Gasteiger partial charge is 0.435 e. The number of rotatable bonds is 3. The van der Waals surface area contributed by atoms with Crippen LogP contribution in [0.2, 0.25) is 0 Å². The molecule has 90 valence electrons. The van der Waals surface area contributed by atoms with E-state index in [-0.39, 0.29) is 5.75 Å². The molecule has 0 aliphatic heterocycles. The first-order chi connectivity index (χ1) is 9.29. The minimum atomic E-state index is -2.89. The Bertz CT molecular complexity index is 599. The molecule has 17 heavy (non-hydrogen) atoms. The molecule has 0 saturated heterocycles. The number of alkyl halides is 2. The van der Waals surface area contributed by atoms with Crippen molar-refractivity contribution >= 4 is 22.6 Å². The zero-order valence-electron chi connectivity index (χ0n) is 11.4. The van der Waals surface area contributed by atoms with E-state index in [1.807, 2.05) is 22.6 Å². The van der Waals surface area contributed by atoms with Crippen LogP contribution in [-0.2, 0) is 6.98 Å². The van der Waals surface area contributed by atoms with Gasteiger partial charge in [0.05, 0.1) is 15.5 Å². The van der Waals surface area contributed by atoms with Crippen molar-refractivity contribution in [3.63, 3.8) is 0 Å². The maximum Gasteiger partial charge on any atom is 0.387 e. The number of halogens is 3. The molecule has 2 aromatic rings. The fraction of sp³-hybridized carbons (Fsp3) is 0.182. The number of aromatic nitrogens is 2. The summed E-state index contributed by atoms with van der Waals surface area (Å²) in [4.78, 5) is 0. The van der Waals surface area contributed by atoms with Crippen molar-refractivity contribution in [2.45, 2.75) is 6.61 Å². The highest BCUT2D eigenvalue weighted by molar-refractivity contribution is 14.1. The van der Waals surface area contributed by atoms with Crippen LogP contribution in [0.25, 0.3) is 11.3 Å². The second kappa shape index (κ2) is 4.99. The maximum atomic E-state index is 12.1. The highest BCUT2D eigenvalue weighted by atomic mass is 127. The SMILES string of the molecule is [2H]C([2H])([2H])n1ncc(I)c1-c1ccc(OC(F)F)cc1. The van der Waals surface area contributed by atoms with Crippen molar-refractivity contribution in [1.29, 1.82) is 0 Å². The van der Waals surface area contributed by atoms with Crippen molar-refractivity contribution in [2.75, 3.05) is 0 Å². The van der Waals surface area contributed by atoms with Crippen LogP contribution < -0.4 is 4.74 Å². The van der Waals surface area contributed by atoms with Crippen LogP contribution in [0.1, 0.15) is 4.11 Å². The third kappa shape index (κ3) is 2.74. The molecule has 0 radical (unpaired) electrons. The van der Waals surface area contributed by atoms with Crippen molar-refractivity contribution in [1.82, 2.24) is 9.78 Å². The molecular weight excluding hydrogens is 341 g/mol. The summed E-state index contributed by atoms with van der Waals surface area (Å²) in [5, 5.41) is 3.83. The molecule has 1 aromatic carbocycles. The molecule has 0 saturated carbocycles. The number of ether oxygens (including phenoxy) is 1. The van der Waals surface area contributed by atoms with Gasteiger partial charge in [-0.2, -0.15) is 13.9 Å². The van der Waals surface area contributed by atoms with Crippen molar-refractivity contribution in [3.05, 3.63) is 34.0 Å². The Labute approximate surface area is 115 Å². The lowest BCUT2D eigenvalue weighted by molar-refractivity contribution is -0.0498. The predicted molar refractivity (Wildman–Crippen MR) is 68.0 cm³/mol. The van der Waals surface area contributed by atoms with Gasteiger partial charge in [0.25, 0.3) is 0 Å². The first kappa shape index (κ1) is 8.84. The lowest BCUT2D eigenvalue weighted by Crippen LogP contribution is -2.01. The molecule has 1 heterocycles. The molecule has 3 nitrogen and oxygen atoms in total. The van der Waals surface area contributed by atoms with E-state index in [1.165, 1.54) is 30.5 Å². The number of hydrogen-bond acceptors (Lipinski definition) is 2. The van der Waals surface area contributed by atoms with Gasteiger partial charge in [0, 0.05) is 16.7 Å². The third-order valence-electron chi connectivity index (χ3n) is 2.08. The van der Waals surface area contributed by atoms with Gasteiger partial charge in [0.2, 0.25) is 0 Å². The van der Waals surface area contributed by atoms with E-state index in [0.29, 0.717) is 14.8 Å². The molecule has 2 rings (SSSR count). The predicted octanol–water partition coefficient (Wildman–Crippen LogP) is 3.29. The van der Waals surface area contributed by atoms with Gasteiger partial charge in [0.1, 0.15) is 5.75 Å². The Kier molecular flexibility index (Phi) is 2.60. The van der Waals surface area contributed by atoms with Gasteiger partial charge in [-0.15, -0.1) is 0 Å². The van der Waals surface area contributed by atoms with Gasteiger partial charge in [-0.3, -0.25) is 4.68 Å². The van der Waals surface area contributed by atoms with Crippen LogP contribution in [0.5, 0.6) is 5.75 Å². The van der Waals surface area contributed by atoms with Gasteiger partial charge in [-0.25, -0.2) is 0 Å². The molecule has 6 heteroatoms. The smallest absolute Gasteiger partial charge is 0.387 e. The van der Waals surface area contributed by atoms with Crippen LogP contribution in [0.4, 0.5) is 8.78 Å². The molecule has 0 fully saturated rings. The minimum absolute atomic E-state index is 0.0127. The minimum Gasteiger partial charge on any atom is -0.435 e. The second-order valence-corrected chi connectivity index (χ2v) is 4.32. The maximum absolute atomic E-state index is 12.1. The van der Waals surface area contributed by atoms with Gasteiger partial charge in [-0.05, 0) is 46.9 Å².